The topological polar surface area (TPSA) is 123 Å². The third-order valence-electron chi connectivity index (χ3n) is 4.71. The fourth-order valence-corrected chi connectivity index (χ4v) is 3.20. The van der Waals surface area contributed by atoms with E-state index >= 15 is 0 Å². The van der Waals surface area contributed by atoms with Crippen molar-refractivity contribution in [2.75, 3.05) is 20.3 Å². The van der Waals surface area contributed by atoms with Crippen molar-refractivity contribution in [2.45, 2.75) is 20.2 Å². The Balaban J connectivity index is 1.51. The predicted molar refractivity (Wildman–Crippen MR) is 116 cm³/mol. The minimum Gasteiger partial charge on any atom is -0.463 e. The van der Waals surface area contributed by atoms with Crippen molar-refractivity contribution in [3.63, 3.8) is 0 Å². The van der Waals surface area contributed by atoms with Crippen molar-refractivity contribution in [2.24, 2.45) is 0 Å². The van der Waals surface area contributed by atoms with Crippen LogP contribution in [0.5, 0.6) is 0 Å². The Hall–Kier alpha value is -4.12. The summed E-state index contributed by atoms with van der Waals surface area (Å²) in [5, 5.41) is 14.8. The average molecular weight is 450 g/mol. The largest absolute Gasteiger partial charge is 0.463 e. The average Bonchev–Trinajstić information content (AvgIpc) is 3.45. The molecule has 4 aromatic rings. The molecule has 11 heteroatoms. The molecular weight excluding hydrogens is 428 g/mol. The van der Waals surface area contributed by atoms with E-state index in [0.29, 0.717) is 18.1 Å². The lowest BCUT2D eigenvalue weighted by Gasteiger charge is -2.06. The standard InChI is InChI=1S/C22H22N6O5/c1-15(29)33-10-9-32-14-28-21(23-20(25-28)22(30)31-2)19-13-27(26-24-19)12-16-7-8-17-5-3-4-6-18(17)11-16/h3-8,11,13H,9-10,12,14H2,1-2H3. The van der Waals surface area contributed by atoms with Crippen molar-refractivity contribution < 1.29 is 23.8 Å². The molecule has 0 N–H and O–H groups in total. The lowest BCUT2D eigenvalue weighted by atomic mass is 10.1. The molecule has 33 heavy (non-hydrogen) atoms. The molecule has 0 unspecified atom stereocenters. The molecule has 0 radical (unpaired) electrons. The van der Waals surface area contributed by atoms with Crippen LogP contribution in [-0.4, -0.2) is 62.0 Å². The maximum atomic E-state index is 11.9. The molecule has 0 aliphatic heterocycles. The second-order valence-electron chi connectivity index (χ2n) is 7.11. The number of hydrogen-bond acceptors (Lipinski definition) is 9. The molecule has 170 valence electrons. The van der Waals surface area contributed by atoms with Crippen LogP contribution < -0.4 is 0 Å². The van der Waals surface area contributed by atoms with Gasteiger partial charge in [-0.1, -0.05) is 41.6 Å². The number of carbonyl (C=O) groups is 2. The highest BCUT2D eigenvalue weighted by Crippen LogP contribution is 2.18. The van der Waals surface area contributed by atoms with Gasteiger partial charge in [0.2, 0.25) is 0 Å². The Kier molecular flexibility index (Phi) is 6.69. The number of hydrogen-bond donors (Lipinski definition) is 0. The number of fused-ring (bicyclic) bond motifs is 1. The zero-order valence-electron chi connectivity index (χ0n) is 18.2. The summed E-state index contributed by atoms with van der Waals surface area (Å²) in [5.74, 6) is -0.901. The van der Waals surface area contributed by atoms with E-state index in [-0.39, 0.29) is 25.8 Å². The van der Waals surface area contributed by atoms with Gasteiger partial charge in [0.05, 0.1) is 26.5 Å². The molecule has 0 saturated heterocycles. The third-order valence-corrected chi connectivity index (χ3v) is 4.71. The van der Waals surface area contributed by atoms with Gasteiger partial charge >= 0.3 is 11.9 Å². The van der Waals surface area contributed by atoms with Crippen molar-refractivity contribution in [3.05, 3.63) is 60.0 Å². The second-order valence-corrected chi connectivity index (χ2v) is 7.11. The number of nitrogens with zero attached hydrogens (tertiary/aromatic N) is 6. The van der Waals surface area contributed by atoms with Crippen LogP contribution >= 0.6 is 0 Å². The monoisotopic (exact) mass is 450 g/mol. The Morgan fingerprint density at radius 2 is 1.88 bits per heavy atom. The number of rotatable bonds is 9. The Morgan fingerprint density at radius 3 is 2.67 bits per heavy atom. The highest BCUT2D eigenvalue weighted by atomic mass is 16.6. The van der Waals surface area contributed by atoms with Gasteiger partial charge in [-0.15, -0.1) is 10.2 Å². The van der Waals surface area contributed by atoms with Gasteiger partial charge in [-0.2, -0.15) is 4.98 Å². The molecule has 11 nitrogen and oxygen atoms in total. The molecule has 0 spiro atoms. The zero-order valence-corrected chi connectivity index (χ0v) is 18.2. The van der Waals surface area contributed by atoms with E-state index in [1.54, 1.807) is 10.9 Å². The highest BCUT2D eigenvalue weighted by molar-refractivity contribution is 5.85. The summed E-state index contributed by atoms with van der Waals surface area (Å²) < 4.78 is 18.1. The molecule has 2 aromatic heterocycles. The van der Waals surface area contributed by atoms with Crippen LogP contribution in [0.15, 0.2) is 48.7 Å². The van der Waals surface area contributed by atoms with Crippen molar-refractivity contribution in [1.82, 2.24) is 29.8 Å². The van der Waals surface area contributed by atoms with E-state index in [1.165, 1.54) is 18.7 Å². The Bertz CT molecular complexity index is 1280. The maximum absolute atomic E-state index is 11.9. The van der Waals surface area contributed by atoms with Crippen molar-refractivity contribution in [3.8, 4) is 11.5 Å². The molecule has 2 aromatic carbocycles. The lowest BCUT2D eigenvalue weighted by Crippen LogP contribution is -2.12. The minimum absolute atomic E-state index is 0.0296. The summed E-state index contributed by atoms with van der Waals surface area (Å²) in [7, 11) is 1.25. The van der Waals surface area contributed by atoms with E-state index in [1.807, 2.05) is 18.2 Å². The first kappa shape index (κ1) is 22.1. The number of aromatic nitrogens is 6. The number of ether oxygens (including phenoxy) is 3. The Labute approximate surface area is 188 Å². The van der Waals surface area contributed by atoms with Gasteiger partial charge in [0, 0.05) is 6.92 Å². The van der Waals surface area contributed by atoms with Gasteiger partial charge in [-0.05, 0) is 22.4 Å². The van der Waals surface area contributed by atoms with Gasteiger partial charge in [0.15, 0.2) is 5.82 Å². The fraction of sp³-hybridized carbons (Fsp3) is 0.273. The number of esters is 2. The molecule has 0 atom stereocenters. The van der Waals surface area contributed by atoms with Crippen LogP contribution in [0.25, 0.3) is 22.3 Å². The summed E-state index contributed by atoms with van der Waals surface area (Å²) in [6.07, 6.45) is 1.72. The smallest absolute Gasteiger partial charge is 0.377 e. The van der Waals surface area contributed by atoms with Crippen molar-refractivity contribution >= 4 is 22.7 Å². The minimum atomic E-state index is -0.682. The number of methoxy groups -OCH3 is 1. The maximum Gasteiger partial charge on any atom is 0.377 e. The predicted octanol–water partition coefficient (Wildman–Crippen LogP) is 2.06. The number of carbonyl (C=O) groups excluding carboxylic acids is 2. The fourth-order valence-electron chi connectivity index (χ4n) is 3.20. The number of benzene rings is 2. The van der Waals surface area contributed by atoms with Crippen LogP contribution in [-0.2, 0) is 32.3 Å². The summed E-state index contributed by atoms with van der Waals surface area (Å²) in [5.41, 5.74) is 1.48. The molecule has 2 heterocycles. The molecule has 0 saturated carbocycles. The summed E-state index contributed by atoms with van der Waals surface area (Å²) in [4.78, 5) is 27.0. The van der Waals surface area contributed by atoms with E-state index < -0.39 is 11.9 Å². The quantitative estimate of drug-likeness (QED) is 0.278. The lowest BCUT2D eigenvalue weighted by molar-refractivity contribution is -0.142. The molecule has 4 rings (SSSR count). The van der Waals surface area contributed by atoms with E-state index in [0.717, 1.165) is 16.3 Å². The van der Waals surface area contributed by atoms with E-state index in [2.05, 4.69) is 44.7 Å². The summed E-state index contributed by atoms with van der Waals surface area (Å²) >= 11 is 0. The summed E-state index contributed by atoms with van der Waals surface area (Å²) in [6.45, 7) is 2.05. The van der Waals surface area contributed by atoms with Gasteiger partial charge < -0.3 is 14.2 Å². The Morgan fingerprint density at radius 1 is 1.06 bits per heavy atom. The van der Waals surface area contributed by atoms with Crippen LogP contribution in [0.3, 0.4) is 0 Å². The van der Waals surface area contributed by atoms with Gasteiger partial charge in [-0.25, -0.2) is 14.2 Å². The third kappa shape index (κ3) is 5.39. The molecular formula is C22H22N6O5. The van der Waals surface area contributed by atoms with Crippen LogP contribution in [0.4, 0.5) is 0 Å². The first-order valence-corrected chi connectivity index (χ1v) is 10.2. The molecule has 0 amide bonds. The van der Waals surface area contributed by atoms with E-state index in [9.17, 15) is 9.59 Å². The first-order chi connectivity index (χ1) is 16.0. The molecule has 0 aliphatic carbocycles. The normalized spacial score (nSPS) is 11.0. The molecule has 0 fully saturated rings. The first-order valence-electron chi connectivity index (χ1n) is 10.2. The zero-order chi connectivity index (χ0) is 23.2. The van der Waals surface area contributed by atoms with Crippen LogP contribution in [0.2, 0.25) is 0 Å². The molecule has 0 bridgehead atoms. The van der Waals surface area contributed by atoms with Gasteiger partial charge in [0.1, 0.15) is 19.0 Å². The molecule has 0 aliphatic rings. The van der Waals surface area contributed by atoms with Gasteiger partial charge in [-0.3, -0.25) is 4.79 Å². The second kappa shape index (κ2) is 10.0. The highest BCUT2D eigenvalue weighted by Gasteiger charge is 2.20. The van der Waals surface area contributed by atoms with Crippen molar-refractivity contribution in [1.29, 1.82) is 0 Å². The van der Waals surface area contributed by atoms with Crippen LogP contribution in [0.1, 0.15) is 23.1 Å². The summed E-state index contributed by atoms with van der Waals surface area (Å²) in [6, 6.07) is 14.3. The van der Waals surface area contributed by atoms with Crippen LogP contribution in [0, 0.1) is 0 Å². The van der Waals surface area contributed by atoms with Gasteiger partial charge in [0.25, 0.3) is 5.82 Å². The van der Waals surface area contributed by atoms with E-state index in [4.69, 9.17) is 14.2 Å². The SMILES string of the molecule is COC(=O)c1nc(-c2cn(Cc3ccc4ccccc4c3)nn2)n(COCCOC(C)=O)n1.